The van der Waals surface area contributed by atoms with E-state index in [1.807, 2.05) is 0 Å². The Labute approximate surface area is 179 Å². The summed E-state index contributed by atoms with van der Waals surface area (Å²) in [7, 11) is 0. The number of nitrogen functional groups attached to an aromatic ring is 1. The highest BCUT2D eigenvalue weighted by molar-refractivity contribution is 6.07. The van der Waals surface area contributed by atoms with E-state index in [2.05, 4.69) is 24.5 Å². The molecule has 1 aliphatic heterocycles. The van der Waals surface area contributed by atoms with Crippen molar-refractivity contribution in [3.8, 4) is 0 Å². The summed E-state index contributed by atoms with van der Waals surface area (Å²) in [6.45, 7) is 4.87. The Balaban J connectivity index is 1.37. The third-order valence-electron chi connectivity index (χ3n) is 9.42. The molecule has 1 heterocycles. The fourth-order valence-corrected chi connectivity index (χ4v) is 7.79. The molecular weight excluding hydrogens is 374 g/mol. The van der Waals surface area contributed by atoms with Crippen LogP contribution in [0.25, 0.3) is 0 Å². The summed E-state index contributed by atoms with van der Waals surface area (Å²) in [6, 6.07) is 7.31. The molecule has 1 saturated heterocycles. The molecule has 30 heavy (non-hydrogen) atoms. The summed E-state index contributed by atoms with van der Waals surface area (Å²) < 4.78 is 0. The van der Waals surface area contributed by atoms with Crippen molar-refractivity contribution in [2.45, 2.75) is 71.3 Å². The minimum Gasteiger partial charge on any atom is -0.399 e. The molecule has 3 aliphatic carbocycles. The van der Waals surface area contributed by atoms with Crippen molar-refractivity contribution < 1.29 is 9.59 Å². The number of nitrogens with two attached hydrogens (primary N) is 1. The number of carbonyl (C=O) groups excluding carboxylic acids is 2. The lowest BCUT2D eigenvalue weighted by molar-refractivity contribution is -0.148. The zero-order chi connectivity index (χ0) is 21.1. The number of fused-ring (bicyclic) bond motifs is 5. The summed E-state index contributed by atoms with van der Waals surface area (Å²) in [6.07, 6.45) is 9.61. The molecule has 162 valence electrons. The average molecular weight is 410 g/mol. The molecule has 5 heteroatoms. The standard InChI is InChI=1S/C25H35N3O2/c1-24-12-3-4-19(24)17-9-10-21-25(2,20(17)11-13-24)14-18(23(30)28-21)22(29)27-16-7-5-15(26)6-8-16/h5-8,17-21H,3-4,9-14,26H2,1-2H3,(H,27,29)(H,28,30)/t17-,18?,19-,20+,21?,24-,25+/m0/s1. The first-order chi connectivity index (χ1) is 14.3. The van der Waals surface area contributed by atoms with E-state index in [1.54, 1.807) is 24.3 Å². The second-order valence-electron chi connectivity index (χ2n) is 11.0. The van der Waals surface area contributed by atoms with Crippen LogP contribution in [-0.4, -0.2) is 17.9 Å². The van der Waals surface area contributed by atoms with E-state index < -0.39 is 5.92 Å². The van der Waals surface area contributed by atoms with Gasteiger partial charge in [-0.1, -0.05) is 20.3 Å². The predicted molar refractivity (Wildman–Crippen MR) is 119 cm³/mol. The number of nitrogens with one attached hydrogen (secondary N) is 2. The third kappa shape index (κ3) is 3.04. The van der Waals surface area contributed by atoms with Gasteiger partial charge in [-0.2, -0.15) is 0 Å². The lowest BCUT2D eigenvalue weighted by Crippen LogP contribution is -2.64. The van der Waals surface area contributed by atoms with E-state index in [9.17, 15) is 9.59 Å². The molecule has 5 nitrogen and oxygen atoms in total. The van der Waals surface area contributed by atoms with E-state index >= 15 is 0 Å². The zero-order valence-electron chi connectivity index (χ0n) is 18.2. The topological polar surface area (TPSA) is 84.2 Å². The first kappa shape index (κ1) is 19.9. The number of hydrogen-bond donors (Lipinski definition) is 3. The van der Waals surface area contributed by atoms with Crippen LogP contribution in [0, 0.1) is 34.5 Å². The Morgan fingerprint density at radius 3 is 2.60 bits per heavy atom. The van der Waals surface area contributed by atoms with E-state index in [4.69, 9.17) is 5.73 Å². The largest absolute Gasteiger partial charge is 0.399 e. The van der Waals surface area contributed by atoms with Gasteiger partial charge >= 0.3 is 0 Å². The van der Waals surface area contributed by atoms with Crippen molar-refractivity contribution in [3.05, 3.63) is 24.3 Å². The monoisotopic (exact) mass is 409 g/mol. The van der Waals surface area contributed by atoms with Crippen molar-refractivity contribution >= 4 is 23.2 Å². The first-order valence-electron chi connectivity index (χ1n) is 11.8. The van der Waals surface area contributed by atoms with Gasteiger partial charge in [0.05, 0.1) is 0 Å². The lowest BCUT2D eigenvalue weighted by Gasteiger charge is -2.60. The molecule has 4 fully saturated rings. The molecule has 0 spiro atoms. The maximum Gasteiger partial charge on any atom is 0.236 e. The van der Waals surface area contributed by atoms with Crippen LogP contribution >= 0.6 is 0 Å². The number of benzene rings is 1. The van der Waals surface area contributed by atoms with Crippen LogP contribution in [0.4, 0.5) is 11.4 Å². The van der Waals surface area contributed by atoms with Crippen molar-refractivity contribution in [2.75, 3.05) is 11.1 Å². The number of anilines is 2. The van der Waals surface area contributed by atoms with Gasteiger partial charge in [-0.15, -0.1) is 0 Å². The molecule has 0 bridgehead atoms. The molecule has 2 unspecified atom stereocenters. The summed E-state index contributed by atoms with van der Waals surface area (Å²) in [5.41, 5.74) is 7.62. The molecule has 2 amide bonds. The average Bonchev–Trinajstić information content (AvgIpc) is 3.11. The maximum absolute atomic E-state index is 13.1. The van der Waals surface area contributed by atoms with Crippen LogP contribution in [0.1, 0.15) is 65.2 Å². The van der Waals surface area contributed by atoms with Gasteiger partial charge in [0.25, 0.3) is 0 Å². The number of piperidine rings is 1. The third-order valence-corrected chi connectivity index (χ3v) is 9.42. The second-order valence-corrected chi connectivity index (χ2v) is 11.0. The minimum absolute atomic E-state index is 0.00384. The number of hydrogen-bond acceptors (Lipinski definition) is 3. The minimum atomic E-state index is -0.626. The second kappa shape index (κ2) is 7.00. The molecule has 0 radical (unpaired) electrons. The van der Waals surface area contributed by atoms with Crippen LogP contribution in [0.3, 0.4) is 0 Å². The van der Waals surface area contributed by atoms with Crippen LogP contribution in [0.2, 0.25) is 0 Å². The molecular formula is C25H35N3O2. The fraction of sp³-hybridized carbons (Fsp3) is 0.680. The van der Waals surface area contributed by atoms with E-state index in [0.29, 0.717) is 29.1 Å². The summed E-state index contributed by atoms with van der Waals surface area (Å²) in [5, 5.41) is 6.21. The Bertz CT molecular complexity index is 852. The molecule has 1 aromatic rings. The van der Waals surface area contributed by atoms with Crippen LogP contribution in [-0.2, 0) is 9.59 Å². The highest BCUT2D eigenvalue weighted by Crippen LogP contribution is 2.64. The normalized spacial score (nSPS) is 42.5. The highest BCUT2D eigenvalue weighted by Gasteiger charge is 2.59. The highest BCUT2D eigenvalue weighted by atomic mass is 16.2. The molecule has 4 N–H and O–H groups in total. The Kier molecular flexibility index (Phi) is 4.64. The predicted octanol–water partition coefficient (Wildman–Crippen LogP) is 4.34. The van der Waals surface area contributed by atoms with Gasteiger partial charge in [0.1, 0.15) is 5.92 Å². The van der Waals surface area contributed by atoms with Gasteiger partial charge in [-0.3, -0.25) is 9.59 Å². The van der Waals surface area contributed by atoms with Gasteiger partial charge in [0.15, 0.2) is 0 Å². The van der Waals surface area contributed by atoms with Gasteiger partial charge in [0, 0.05) is 17.4 Å². The number of amides is 2. The Hall–Kier alpha value is -2.04. The van der Waals surface area contributed by atoms with Crippen LogP contribution < -0.4 is 16.4 Å². The van der Waals surface area contributed by atoms with E-state index in [0.717, 1.165) is 18.3 Å². The maximum atomic E-state index is 13.1. The first-order valence-corrected chi connectivity index (χ1v) is 11.8. The van der Waals surface area contributed by atoms with Gasteiger partial charge in [0.2, 0.25) is 11.8 Å². The lowest BCUT2D eigenvalue weighted by atomic mass is 9.47. The van der Waals surface area contributed by atoms with Crippen molar-refractivity contribution in [2.24, 2.45) is 34.5 Å². The summed E-state index contributed by atoms with van der Waals surface area (Å²) in [4.78, 5) is 25.9. The van der Waals surface area contributed by atoms with Gasteiger partial charge in [-0.05, 0) is 97.8 Å². The molecule has 0 aromatic heterocycles. The number of rotatable bonds is 2. The molecule has 1 aromatic carbocycles. The van der Waals surface area contributed by atoms with E-state index in [1.165, 1.54) is 38.5 Å². The Morgan fingerprint density at radius 2 is 1.83 bits per heavy atom. The SMILES string of the molecule is C[C@@]12CCC[C@H]1[C@@H]1CCC3NC(=O)C(C(=O)Nc4ccc(N)cc4)C[C@]3(C)[C@@H]1CC2. The molecule has 3 saturated carbocycles. The van der Waals surface area contributed by atoms with Crippen LogP contribution in [0.15, 0.2) is 24.3 Å². The fourth-order valence-electron chi connectivity index (χ4n) is 7.79. The van der Waals surface area contributed by atoms with Crippen molar-refractivity contribution in [1.82, 2.24) is 5.32 Å². The smallest absolute Gasteiger partial charge is 0.236 e. The summed E-state index contributed by atoms with van der Waals surface area (Å²) in [5.74, 6) is 1.27. The Morgan fingerprint density at radius 1 is 1.07 bits per heavy atom. The molecule has 7 atom stereocenters. The zero-order valence-corrected chi connectivity index (χ0v) is 18.2. The quantitative estimate of drug-likeness (QED) is 0.502. The summed E-state index contributed by atoms with van der Waals surface area (Å²) >= 11 is 0. The van der Waals surface area contributed by atoms with Gasteiger partial charge in [-0.25, -0.2) is 0 Å². The molecule has 5 rings (SSSR count). The van der Waals surface area contributed by atoms with Crippen LogP contribution in [0.5, 0.6) is 0 Å². The number of carbonyl (C=O) groups is 2. The van der Waals surface area contributed by atoms with Crippen molar-refractivity contribution in [1.29, 1.82) is 0 Å². The van der Waals surface area contributed by atoms with Gasteiger partial charge < -0.3 is 16.4 Å². The van der Waals surface area contributed by atoms with E-state index in [-0.39, 0.29) is 23.3 Å². The van der Waals surface area contributed by atoms with Crippen molar-refractivity contribution in [3.63, 3.8) is 0 Å². The molecule has 4 aliphatic rings.